The fourth-order valence-corrected chi connectivity index (χ4v) is 1.10. The van der Waals surface area contributed by atoms with E-state index in [1.165, 1.54) is 0 Å². The summed E-state index contributed by atoms with van der Waals surface area (Å²) in [4.78, 5) is 21.8. The molecule has 0 bridgehead atoms. The average molecular weight is 242 g/mol. The van der Waals surface area contributed by atoms with Crippen LogP contribution in [0.25, 0.3) is 5.76 Å². The molecule has 17 heavy (non-hydrogen) atoms. The molecule has 6 heteroatoms. The lowest BCUT2D eigenvalue weighted by molar-refractivity contribution is -0.149. The molecule has 1 N–H and O–H groups in total. The molecule has 1 aromatic carbocycles. The normalized spacial score (nSPS) is 11.1. The third-order valence-corrected chi connectivity index (χ3v) is 1.87. The number of aliphatic hydroxyl groups excluding tert-OH is 1. The first-order chi connectivity index (χ1) is 7.97. The standard InChI is InChI=1S/C11H8F2O4/c1-17-11(16)9(15)5-8(14)10-6(12)3-2-4-7(10)13/h2-5,14H,1H3. The van der Waals surface area contributed by atoms with Crippen LogP contribution in [0.1, 0.15) is 5.56 Å². The van der Waals surface area contributed by atoms with Crippen molar-refractivity contribution in [2.75, 3.05) is 7.11 Å². The van der Waals surface area contributed by atoms with Crippen molar-refractivity contribution in [1.29, 1.82) is 0 Å². The number of halogens is 2. The maximum atomic E-state index is 13.2. The fraction of sp³-hybridized carbons (Fsp3) is 0.0909. The van der Waals surface area contributed by atoms with Gasteiger partial charge < -0.3 is 9.84 Å². The van der Waals surface area contributed by atoms with Crippen molar-refractivity contribution >= 4 is 17.5 Å². The minimum Gasteiger partial charge on any atom is -0.507 e. The minimum atomic E-state index is -1.24. The van der Waals surface area contributed by atoms with Crippen LogP contribution < -0.4 is 0 Å². The van der Waals surface area contributed by atoms with E-state index < -0.39 is 34.7 Å². The Hall–Kier alpha value is -2.24. The summed E-state index contributed by atoms with van der Waals surface area (Å²) >= 11 is 0. The molecule has 1 rings (SSSR count). The monoisotopic (exact) mass is 242 g/mol. The van der Waals surface area contributed by atoms with Crippen LogP contribution >= 0.6 is 0 Å². The van der Waals surface area contributed by atoms with Crippen LogP contribution in [0.3, 0.4) is 0 Å². The Kier molecular flexibility index (Phi) is 3.92. The molecular weight excluding hydrogens is 234 g/mol. The number of aliphatic hydroxyl groups is 1. The molecular formula is C11H8F2O4. The molecule has 0 fully saturated rings. The molecule has 0 spiro atoms. The van der Waals surface area contributed by atoms with Crippen molar-refractivity contribution in [2.45, 2.75) is 0 Å². The van der Waals surface area contributed by atoms with Crippen molar-refractivity contribution in [3.05, 3.63) is 41.5 Å². The average Bonchev–Trinajstić information content (AvgIpc) is 2.27. The molecule has 0 heterocycles. The quantitative estimate of drug-likeness (QED) is 0.378. The van der Waals surface area contributed by atoms with Crippen molar-refractivity contribution in [3.63, 3.8) is 0 Å². The van der Waals surface area contributed by atoms with E-state index in [4.69, 9.17) is 0 Å². The van der Waals surface area contributed by atoms with E-state index in [1.54, 1.807) is 0 Å². The molecule has 0 radical (unpaired) electrons. The van der Waals surface area contributed by atoms with E-state index in [1.807, 2.05) is 0 Å². The van der Waals surface area contributed by atoms with Crippen molar-refractivity contribution in [3.8, 4) is 0 Å². The molecule has 0 saturated heterocycles. The van der Waals surface area contributed by atoms with Crippen LogP contribution in [0, 0.1) is 11.6 Å². The van der Waals surface area contributed by atoms with Gasteiger partial charge in [0.05, 0.1) is 12.7 Å². The van der Waals surface area contributed by atoms with Gasteiger partial charge in [-0.15, -0.1) is 0 Å². The number of hydrogen-bond donors (Lipinski definition) is 1. The predicted octanol–water partition coefficient (Wildman–Crippen LogP) is 1.61. The first-order valence-electron chi connectivity index (χ1n) is 4.44. The first-order valence-corrected chi connectivity index (χ1v) is 4.44. The van der Waals surface area contributed by atoms with Crippen LogP contribution in [0.15, 0.2) is 24.3 Å². The molecule has 1 aromatic rings. The molecule has 0 saturated carbocycles. The van der Waals surface area contributed by atoms with Crippen LogP contribution in [-0.4, -0.2) is 24.0 Å². The second-order valence-corrected chi connectivity index (χ2v) is 2.98. The molecule has 0 unspecified atom stereocenters. The Balaban J connectivity index is 3.12. The summed E-state index contributed by atoms with van der Waals surface area (Å²) in [5.41, 5.74) is -0.773. The maximum absolute atomic E-state index is 13.2. The smallest absolute Gasteiger partial charge is 0.378 e. The van der Waals surface area contributed by atoms with E-state index in [0.29, 0.717) is 6.08 Å². The number of carbonyl (C=O) groups excluding carboxylic acids is 2. The summed E-state index contributed by atoms with van der Waals surface area (Å²) in [7, 11) is 0.967. The molecule has 0 aliphatic carbocycles. The van der Waals surface area contributed by atoms with E-state index in [2.05, 4.69) is 4.74 Å². The number of ketones is 1. The molecule has 90 valence electrons. The molecule has 0 amide bonds. The minimum absolute atomic E-state index is 0.396. The number of esters is 1. The second-order valence-electron chi connectivity index (χ2n) is 2.98. The first kappa shape index (κ1) is 12.8. The molecule has 0 atom stereocenters. The molecule has 0 aliphatic rings. The van der Waals surface area contributed by atoms with Gasteiger partial charge in [-0.05, 0) is 12.1 Å². The van der Waals surface area contributed by atoms with Crippen molar-refractivity contribution in [1.82, 2.24) is 0 Å². The third-order valence-electron chi connectivity index (χ3n) is 1.87. The van der Waals surface area contributed by atoms with Gasteiger partial charge in [0, 0.05) is 6.08 Å². The molecule has 0 aliphatic heterocycles. The van der Waals surface area contributed by atoms with Gasteiger partial charge >= 0.3 is 5.97 Å². The van der Waals surface area contributed by atoms with E-state index in [0.717, 1.165) is 25.3 Å². The number of methoxy groups -OCH3 is 1. The summed E-state index contributed by atoms with van der Waals surface area (Å²) in [6, 6.07) is 2.92. The Morgan fingerprint density at radius 2 is 1.82 bits per heavy atom. The van der Waals surface area contributed by atoms with Gasteiger partial charge in [-0.1, -0.05) is 6.07 Å². The highest BCUT2D eigenvalue weighted by Gasteiger charge is 2.17. The topological polar surface area (TPSA) is 63.6 Å². The van der Waals surface area contributed by atoms with Gasteiger partial charge in [0.15, 0.2) is 0 Å². The van der Waals surface area contributed by atoms with Gasteiger partial charge in [-0.25, -0.2) is 13.6 Å². The third kappa shape index (κ3) is 2.87. The summed E-state index contributed by atoms with van der Waals surface area (Å²) in [6.45, 7) is 0. The van der Waals surface area contributed by atoms with Crippen LogP contribution in [0.4, 0.5) is 8.78 Å². The summed E-state index contributed by atoms with van der Waals surface area (Å²) in [5, 5.41) is 9.35. The summed E-state index contributed by atoms with van der Waals surface area (Å²) < 4.78 is 30.4. The number of rotatable bonds is 3. The largest absolute Gasteiger partial charge is 0.507 e. The molecule has 4 nitrogen and oxygen atoms in total. The lowest BCUT2D eigenvalue weighted by Crippen LogP contribution is -2.13. The number of hydrogen-bond acceptors (Lipinski definition) is 4. The SMILES string of the molecule is COC(=O)C(=O)C=C(O)c1c(F)cccc1F. The number of benzene rings is 1. The summed E-state index contributed by atoms with van der Waals surface area (Å²) in [6.07, 6.45) is 0.396. The van der Waals surface area contributed by atoms with E-state index in [9.17, 15) is 23.5 Å². The Bertz CT molecular complexity index is 474. The number of carbonyl (C=O) groups is 2. The fourth-order valence-electron chi connectivity index (χ4n) is 1.10. The maximum Gasteiger partial charge on any atom is 0.378 e. The van der Waals surface area contributed by atoms with Gasteiger partial charge in [-0.3, -0.25) is 4.79 Å². The lowest BCUT2D eigenvalue weighted by Gasteiger charge is -2.03. The van der Waals surface area contributed by atoms with Gasteiger partial charge in [-0.2, -0.15) is 0 Å². The van der Waals surface area contributed by atoms with E-state index >= 15 is 0 Å². The highest BCUT2D eigenvalue weighted by atomic mass is 19.1. The van der Waals surface area contributed by atoms with Crippen LogP contribution in [-0.2, 0) is 14.3 Å². The zero-order valence-corrected chi connectivity index (χ0v) is 8.74. The molecule has 0 aromatic heterocycles. The van der Waals surface area contributed by atoms with Crippen molar-refractivity contribution in [2.24, 2.45) is 0 Å². The predicted molar refractivity (Wildman–Crippen MR) is 54.0 cm³/mol. The highest BCUT2D eigenvalue weighted by Crippen LogP contribution is 2.19. The Morgan fingerprint density at radius 1 is 1.29 bits per heavy atom. The zero-order chi connectivity index (χ0) is 13.0. The Labute approximate surface area is 95.1 Å². The second kappa shape index (κ2) is 5.20. The van der Waals surface area contributed by atoms with Crippen LogP contribution in [0.2, 0.25) is 0 Å². The zero-order valence-electron chi connectivity index (χ0n) is 8.74. The van der Waals surface area contributed by atoms with Crippen LogP contribution in [0.5, 0.6) is 0 Å². The lowest BCUT2D eigenvalue weighted by atomic mass is 10.1. The van der Waals surface area contributed by atoms with Crippen molar-refractivity contribution < 1.29 is 28.2 Å². The van der Waals surface area contributed by atoms with Gasteiger partial charge in [0.2, 0.25) is 0 Å². The Morgan fingerprint density at radius 3 is 2.29 bits per heavy atom. The van der Waals surface area contributed by atoms with E-state index in [-0.39, 0.29) is 0 Å². The summed E-state index contributed by atoms with van der Waals surface area (Å²) in [5.74, 6) is -5.52. The number of ether oxygens (including phenoxy) is 1. The van der Waals surface area contributed by atoms with Gasteiger partial charge in [0.1, 0.15) is 17.4 Å². The highest BCUT2D eigenvalue weighted by molar-refractivity contribution is 6.39. The van der Waals surface area contributed by atoms with Gasteiger partial charge in [0.25, 0.3) is 5.78 Å².